The Balaban J connectivity index is 1.53. The summed E-state index contributed by atoms with van der Waals surface area (Å²) in [6, 6.07) is 14.4. The number of benzene rings is 2. The van der Waals surface area contributed by atoms with Gasteiger partial charge in [0.15, 0.2) is 5.11 Å². The molecule has 0 atom stereocenters. The summed E-state index contributed by atoms with van der Waals surface area (Å²) in [5, 5.41) is 8.95. The van der Waals surface area contributed by atoms with Crippen molar-refractivity contribution >= 4 is 34.8 Å². The van der Waals surface area contributed by atoms with Gasteiger partial charge in [-0.3, -0.25) is 14.9 Å². The van der Waals surface area contributed by atoms with Crippen LogP contribution in [0.3, 0.4) is 0 Å². The van der Waals surface area contributed by atoms with E-state index in [0.29, 0.717) is 35.1 Å². The third-order valence-corrected chi connectivity index (χ3v) is 5.81. The fourth-order valence-electron chi connectivity index (χ4n) is 3.73. The molecule has 0 bridgehead atoms. The highest BCUT2D eigenvalue weighted by atomic mass is 32.1. The van der Waals surface area contributed by atoms with Crippen molar-refractivity contribution in [3.63, 3.8) is 0 Å². The Bertz CT molecular complexity index is 971. The second-order valence-corrected chi connectivity index (χ2v) is 9.26. The maximum atomic E-state index is 12.6. The van der Waals surface area contributed by atoms with Crippen molar-refractivity contribution in [1.82, 2.24) is 10.6 Å². The Labute approximate surface area is 201 Å². The zero-order valence-electron chi connectivity index (χ0n) is 19.4. The number of hydrogen-bond donors (Lipinski definition) is 3. The van der Waals surface area contributed by atoms with E-state index in [-0.39, 0.29) is 23.0 Å². The summed E-state index contributed by atoms with van der Waals surface area (Å²) in [7, 11) is 0. The predicted octanol–water partition coefficient (Wildman–Crippen LogP) is 5.30. The van der Waals surface area contributed by atoms with Crippen LogP contribution >= 0.6 is 12.2 Å². The molecule has 6 nitrogen and oxygen atoms in total. The molecule has 1 fully saturated rings. The average molecular weight is 468 g/mol. The molecule has 2 aromatic rings. The highest BCUT2D eigenvalue weighted by Gasteiger charge is 2.17. The number of rotatable bonds is 8. The molecule has 0 heterocycles. The lowest BCUT2D eigenvalue weighted by atomic mass is 9.95. The first-order chi connectivity index (χ1) is 15.9. The van der Waals surface area contributed by atoms with Gasteiger partial charge in [0.2, 0.25) is 0 Å². The molecular weight excluding hydrogens is 434 g/mol. The van der Waals surface area contributed by atoms with Gasteiger partial charge in [-0.25, -0.2) is 0 Å². The van der Waals surface area contributed by atoms with Crippen molar-refractivity contribution in [2.75, 3.05) is 11.9 Å². The van der Waals surface area contributed by atoms with E-state index in [2.05, 4.69) is 29.8 Å². The molecule has 7 heteroatoms. The van der Waals surface area contributed by atoms with Gasteiger partial charge in [-0.15, -0.1) is 0 Å². The fraction of sp³-hybridized carbons (Fsp3) is 0.423. The van der Waals surface area contributed by atoms with Crippen molar-refractivity contribution in [2.45, 2.75) is 58.4 Å². The minimum absolute atomic E-state index is 0.0882. The first-order valence-electron chi connectivity index (χ1n) is 11.7. The van der Waals surface area contributed by atoms with Gasteiger partial charge in [-0.1, -0.05) is 45.2 Å². The minimum atomic E-state index is -0.326. The van der Waals surface area contributed by atoms with E-state index < -0.39 is 0 Å². The van der Waals surface area contributed by atoms with Gasteiger partial charge in [-0.2, -0.15) is 0 Å². The van der Waals surface area contributed by atoms with Crippen LogP contribution in [0.5, 0.6) is 5.75 Å². The summed E-state index contributed by atoms with van der Waals surface area (Å²) in [4.78, 5) is 25.2. The van der Waals surface area contributed by atoms with Crippen LogP contribution in [0.2, 0.25) is 0 Å². The lowest BCUT2D eigenvalue weighted by molar-refractivity contribution is 0.0926. The summed E-state index contributed by atoms with van der Waals surface area (Å²) >= 11 is 5.31. The molecule has 0 aliphatic heterocycles. The normalized spacial score (nSPS) is 13.9. The molecule has 1 aliphatic rings. The van der Waals surface area contributed by atoms with Crippen LogP contribution in [0.1, 0.15) is 73.1 Å². The summed E-state index contributed by atoms with van der Waals surface area (Å²) in [5.74, 6) is 0.790. The number of hydrogen-bond acceptors (Lipinski definition) is 4. The third-order valence-electron chi connectivity index (χ3n) is 5.61. The average Bonchev–Trinajstić information content (AvgIpc) is 2.80. The number of thiocarbonyl (C=S) groups is 1. The maximum Gasteiger partial charge on any atom is 0.257 e. The number of amides is 2. The van der Waals surface area contributed by atoms with E-state index in [0.717, 1.165) is 32.1 Å². The van der Waals surface area contributed by atoms with Crippen molar-refractivity contribution in [1.29, 1.82) is 0 Å². The van der Waals surface area contributed by atoms with Crippen LogP contribution in [-0.4, -0.2) is 29.6 Å². The van der Waals surface area contributed by atoms with E-state index in [4.69, 9.17) is 17.0 Å². The molecular formula is C26H33N3O3S. The quantitative estimate of drug-likeness (QED) is 0.459. The van der Waals surface area contributed by atoms with Crippen molar-refractivity contribution < 1.29 is 14.3 Å². The summed E-state index contributed by atoms with van der Waals surface area (Å²) in [6.45, 7) is 4.88. The molecule has 1 saturated carbocycles. The Morgan fingerprint density at radius 3 is 2.42 bits per heavy atom. The first kappa shape index (κ1) is 24.7. The highest BCUT2D eigenvalue weighted by Crippen LogP contribution is 2.19. The van der Waals surface area contributed by atoms with Gasteiger partial charge in [0.25, 0.3) is 11.8 Å². The largest absolute Gasteiger partial charge is 0.494 e. The van der Waals surface area contributed by atoms with Gasteiger partial charge < -0.3 is 15.4 Å². The van der Waals surface area contributed by atoms with Gasteiger partial charge in [-0.05, 0) is 73.8 Å². The number of carbonyl (C=O) groups excluding carboxylic acids is 2. The summed E-state index contributed by atoms with van der Waals surface area (Å²) in [5.41, 5.74) is 1.66. The minimum Gasteiger partial charge on any atom is -0.494 e. The zero-order chi connectivity index (χ0) is 23.6. The van der Waals surface area contributed by atoms with E-state index in [1.807, 2.05) is 6.07 Å². The van der Waals surface area contributed by atoms with E-state index >= 15 is 0 Å². The standard InChI is InChI=1S/C26H33N3O3S/c1-18(2)14-15-32-23-13-7-9-20(17-23)25(31)29-26(33)28-22-12-6-8-19(16-22)24(30)27-21-10-4-3-5-11-21/h6-9,12-13,16-18,21H,3-5,10-11,14-15H2,1-2H3,(H,27,30)(H2,28,29,31,33). The number of ether oxygens (including phenoxy) is 1. The topological polar surface area (TPSA) is 79.5 Å². The monoisotopic (exact) mass is 467 g/mol. The van der Waals surface area contributed by atoms with E-state index in [9.17, 15) is 9.59 Å². The highest BCUT2D eigenvalue weighted by molar-refractivity contribution is 7.80. The fourth-order valence-corrected chi connectivity index (χ4v) is 3.94. The van der Waals surface area contributed by atoms with Gasteiger partial charge >= 0.3 is 0 Å². The zero-order valence-corrected chi connectivity index (χ0v) is 20.2. The Hall–Kier alpha value is -2.93. The van der Waals surface area contributed by atoms with Crippen LogP contribution in [0.15, 0.2) is 48.5 Å². The second-order valence-electron chi connectivity index (χ2n) is 8.86. The predicted molar refractivity (Wildman–Crippen MR) is 136 cm³/mol. The summed E-state index contributed by atoms with van der Waals surface area (Å²) < 4.78 is 5.73. The SMILES string of the molecule is CC(C)CCOc1cccc(C(=O)NC(=S)Nc2cccc(C(=O)NC3CCCCC3)c2)c1. The second kappa shape index (κ2) is 12.3. The van der Waals surface area contributed by atoms with E-state index in [1.54, 1.807) is 42.5 Å². The molecule has 2 amide bonds. The van der Waals surface area contributed by atoms with Crippen molar-refractivity contribution in [2.24, 2.45) is 5.92 Å². The van der Waals surface area contributed by atoms with Crippen LogP contribution < -0.4 is 20.7 Å². The molecule has 2 aromatic carbocycles. The number of carbonyl (C=O) groups is 2. The molecule has 1 aliphatic carbocycles. The molecule has 0 unspecified atom stereocenters. The smallest absolute Gasteiger partial charge is 0.257 e. The van der Waals surface area contributed by atoms with Gasteiger partial charge in [0.1, 0.15) is 5.75 Å². The van der Waals surface area contributed by atoms with Crippen LogP contribution in [0.25, 0.3) is 0 Å². The Morgan fingerprint density at radius 2 is 1.70 bits per heavy atom. The van der Waals surface area contributed by atoms with E-state index in [1.165, 1.54) is 6.42 Å². The number of anilines is 1. The van der Waals surface area contributed by atoms with Crippen LogP contribution in [0, 0.1) is 5.92 Å². The molecule has 176 valence electrons. The number of nitrogens with one attached hydrogen (secondary N) is 3. The molecule has 0 radical (unpaired) electrons. The lowest BCUT2D eigenvalue weighted by Crippen LogP contribution is -2.36. The lowest BCUT2D eigenvalue weighted by Gasteiger charge is -2.22. The Kier molecular flexibility index (Phi) is 9.24. The van der Waals surface area contributed by atoms with Crippen molar-refractivity contribution in [3.8, 4) is 5.75 Å². The van der Waals surface area contributed by atoms with Gasteiger partial charge in [0, 0.05) is 22.9 Å². The van der Waals surface area contributed by atoms with Gasteiger partial charge in [0.05, 0.1) is 6.61 Å². The molecule has 0 saturated heterocycles. The maximum absolute atomic E-state index is 12.6. The first-order valence-corrected chi connectivity index (χ1v) is 12.1. The molecule has 3 rings (SSSR count). The molecule has 0 spiro atoms. The summed E-state index contributed by atoms with van der Waals surface area (Å²) in [6.07, 6.45) is 6.57. The Morgan fingerprint density at radius 1 is 1.00 bits per heavy atom. The molecule has 3 N–H and O–H groups in total. The van der Waals surface area contributed by atoms with Crippen LogP contribution in [-0.2, 0) is 0 Å². The van der Waals surface area contributed by atoms with Crippen LogP contribution in [0.4, 0.5) is 5.69 Å². The molecule has 0 aromatic heterocycles. The van der Waals surface area contributed by atoms with Crippen molar-refractivity contribution in [3.05, 3.63) is 59.7 Å². The third kappa shape index (κ3) is 8.17. The molecule has 33 heavy (non-hydrogen) atoms.